The van der Waals surface area contributed by atoms with Gasteiger partial charge in [0.2, 0.25) is 0 Å². The van der Waals surface area contributed by atoms with Gasteiger partial charge in [0.25, 0.3) is 5.91 Å². The normalized spacial score (nSPS) is 33.7. The van der Waals surface area contributed by atoms with E-state index in [2.05, 4.69) is 0 Å². The van der Waals surface area contributed by atoms with Crippen molar-refractivity contribution in [2.75, 3.05) is 13.7 Å². The zero-order valence-electron chi connectivity index (χ0n) is 38.6. The number of methoxy groups -OCH3 is 1. The zero-order valence-corrected chi connectivity index (χ0v) is 38.6. The predicted molar refractivity (Wildman–Crippen MR) is 241 cm³/mol. The number of rotatable bonds is 9. The molecule has 68 heavy (non-hydrogen) atoms. The van der Waals surface area contributed by atoms with E-state index in [0.29, 0.717) is 22.4 Å². The summed E-state index contributed by atoms with van der Waals surface area (Å²) in [6.45, 7) is 7.02. The smallest absolute Gasteiger partial charge is 0.338 e. The first-order valence-corrected chi connectivity index (χ1v) is 22.7. The molecule has 5 aliphatic rings. The van der Waals surface area contributed by atoms with E-state index in [0.717, 1.165) is 6.92 Å². The van der Waals surface area contributed by atoms with E-state index in [1.165, 1.54) is 31.1 Å². The summed E-state index contributed by atoms with van der Waals surface area (Å²) in [6.07, 6.45) is -10.8. The fourth-order valence-corrected chi connectivity index (χ4v) is 11.5. The first-order chi connectivity index (χ1) is 32.4. The molecule has 15 heteroatoms. The summed E-state index contributed by atoms with van der Waals surface area (Å²) in [7, 11) is 1.53. The third-order valence-corrected chi connectivity index (χ3v) is 15.3. The highest BCUT2D eigenvalue weighted by molar-refractivity contribution is 5.97. The van der Waals surface area contributed by atoms with Crippen LogP contribution >= 0.6 is 0 Å². The summed E-state index contributed by atoms with van der Waals surface area (Å²) in [5.41, 5.74) is -6.12. The monoisotopic (exact) mass is 929 g/mol. The van der Waals surface area contributed by atoms with Crippen LogP contribution in [0.1, 0.15) is 91.6 Å². The van der Waals surface area contributed by atoms with Gasteiger partial charge in [-0.2, -0.15) is 0 Å². The van der Waals surface area contributed by atoms with Crippen LogP contribution < -0.4 is 4.74 Å². The van der Waals surface area contributed by atoms with Gasteiger partial charge >= 0.3 is 17.9 Å². The largest absolute Gasteiger partial charge is 0.497 e. The zero-order chi connectivity index (χ0) is 48.5. The van der Waals surface area contributed by atoms with Crippen molar-refractivity contribution in [3.05, 3.63) is 149 Å². The van der Waals surface area contributed by atoms with Gasteiger partial charge in [-0.05, 0) is 67.0 Å². The second kappa shape index (κ2) is 17.4. The highest BCUT2D eigenvalue weighted by Crippen LogP contribution is 2.64. The molecule has 4 aromatic rings. The fourth-order valence-electron chi connectivity index (χ4n) is 11.5. The number of esters is 3. The molecule has 2 saturated carbocycles. The number of aliphatic hydroxyl groups excluding tert-OH is 1. The SMILES string of the molecule is COc1ccc([C@H]2OC(C(=O)OC3CC4(O)C(OC(=O)c5ccccc5)C5C6(O)COC6CC(O)[C@@]5(C)C(=O)C(OC(C)=O)C(=C3C)C4(C)C)[C@H](c3ccccc3)N2C(=O)c2ccccc2)cc1. The Kier molecular flexibility index (Phi) is 12.0. The summed E-state index contributed by atoms with van der Waals surface area (Å²) in [5.74, 6) is -4.96. The molecule has 3 N–H and O–H groups in total. The van der Waals surface area contributed by atoms with Crippen LogP contribution in [0.2, 0.25) is 0 Å². The minimum Gasteiger partial charge on any atom is -0.497 e. The van der Waals surface area contributed by atoms with Crippen LogP contribution in [0.15, 0.2) is 126 Å². The molecular weight excluding hydrogens is 875 g/mol. The number of nitrogens with zero attached hydrogens (tertiary/aromatic N) is 1. The maximum atomic E-state index is 15.5. The molecular formula is C53H55NO14. The lowest BCUT2D eigenvalue weighted by Crippen LogP contribution is -2.81. The summed E-state index contributed by atoms with van der Waals surface area (Å²) < 4.78 is 36.7. The van der Waals surface area contributed by atoms with E-state index in [4.69, 9.17) is 28.4 Å². The Bertz CT molecular complexity index is 2640. The Morgan fingerprint density at radius 1 is 0.779 bits per heavy atom. The molecule has 1 amide bonds. The molecule has 0 aromatic heterocycles. The maximum Gasteiger partial charge on any atom is 0.338 e. The van der Waals surface area contributed by atoms with Crippen molar-refractivity contribution >= 4 is 29.6 Å². The summed E-state index contributed by atoms with van der Waals surface area (Å²) in [5, 5.41) is 38.5. The minimum atomic E-state index is -2.34. The average molecular weight is 930 g/mol. The highest BCUT2D eigenvalue weighted by Gasteiger charge is 2.77. The number of benzene rings is 4. The van der Waals surface area contributed by atoms with Crippen LogP contribution in [0, 0.1) is 16.7 Å². The second-order valence-electron chi connectivity index (χ2n) is 19.2. The van der Waals surface area contributed by atoms with Crippen molar-refractivity contribution in [1.82, 2.24) is 4.90 Å². The lowest BCUT2D eigenvalue weighted by atomic mass is 9.44. The summed E-state index contributed by atoms with van der Waals surface area (Å²) >= 11 is 0. The Hall–Kier alpha value is -6.23. The fraction of sp³-hybridized carbons (Fsp3) is 0.415. The van der Waals surface area contributed by atoms with Crippen molar-refractivity contribution in [2.45, 2.75) is 108 Å². The van der Waals surface area contributed by atoms with E-state index in [1.807, 2.05) is 0 Å². The number of amides is 1. The number of hydrogen-bond acceptors (Lipinski definition) is 14. The number of ether oxygens (including phenoxy) is 6. The number of Topliss-reactive ketones (excluding diaryl/α,β-unsaturated/α-hetero) is 1. The number of carbonyl (C=O) groups excluding carboxylic acids is 5. The number of hydrogen-bond donors (Lipinski definition) is 3. The average Bonchev–Trinajstić information content (AvgIpc) is 3.74. The van der Waals surface area contributed by atoms with Crippen molar-refractivity contribution < 1.29 is 67.7 Å². The number of carbonyl (C=O) groups is 5. The van der Waals surface area contributed by atoms with Gasteiger partial charge in [-0.15, -0.1) is 0 Å². The van der Waals surface area contributed by atoms with Crippen LogP contribution in [-0.4, -0.2) is 111 Å². The Balaban J connectivity index is 1.19. The lowest BCUT2D eigenvalue weighted by Gasteiger charge is -2.66. The van der Waals surface area contributed by atoms with Crippen molar-refractivity contribution in [2.24, 2.45) is 16.7 Å². The summed E-state index contributed by atoms with van der Waals surface area (Å²) in [6, 6.07) is 31.3. The molecule has 3 aliphatic carbocycles. The van der Waals surface area contributed by atoms with Crippen molar-refractivity contribution in [3.8, 4) is 5.75 Å². The number of ketones is 1. The van der Waals surface area contributed by atoms with Crippen LogP contribution in [-0.2, 0) is 38.1 Å². The van der Waals surface area contributed by atoms with Crippen LogP contribution in [0.5, 0.6) is 5.75 Å². The standard InChI is InChI=1S/C53H55NO14/c1-29-36(66-49(60)42-40(31-16-10-7-11-17-31)54(46(58)32-18-12-8-13-19-32)47(67-42)33-22-24-35(63-6)25-23-33)27-53(62)45(68-48(59)34-20-14-9-15-21-34)43-51(5,37(56)26-38-52(43,61)28-64-38)44(57)41(65-30(2)55)39(29)50(53,3)4/h7-25,36-38,40-43,45,47,56,61-62H,26-28H2,1-6H3/t36?,37?,38?,40-,41?,42?,43?,45?,47+,51+,52?,53?/m0/s1. The lowest BCUT2D eigenvalue weighted by molar-refractivity contribution is -0.343. The molecule has 12 atom stereocenters. The molecule has 0 radical (unpaired) electrons. The van der Waals surface area contributed by atoms with Crippen molar-refractivity contribution in [1.29, 1.82) is 0 Å². The number of fused-ring (bicyclic) bond motifs is 5. The van der Waals surface area contributed by atoms with E-state index in [-0.39, 0.29) is 29.7 Å². The van der Waals surface area contributed by atoms with Crippen LogP contribution in [0.25, 0.3) is 0 Å². The van der Waals surface area contributed by atoms with Crippen LogP contribution in [0.3, 0.4) is 0 Å². The molecule has 2 bridgehead atoms. The van der Waals surface area contributed by atoms with E-state index < -0.39 is 113 Å². The Morgan fingerprint density at radius 2 is 1.38 bits per heavy atom. The third kappa shape index (κ3) is 7.33. The summed E-state index contributed by atoms with van der Waals surface area (Å²) in [4.78, 5) is 74.4. The van der Waals surface area contributed by atoms with Crippen molar-refractivity contribution in [3.63, 3.8) is 0 Å². The molecule has 356 valence electrons. The molecule has 0 spiro atoms. The van der Waals surface area contributed by atoms with Gasteiger partial charge in [-0.25, -0.2) is 9.59 Å². The van der Waals surface area contributed by atoms with E-state index in [9.17, 15) is 29.7 Å². The quantitative estimate of drug-likeness (QED) is 0.106. The highest BCUT2D eigenvalue weighted by atomic mass is 16.6. The van der Waals surface area contributed by atoms with Gasteiger partial charge in [0.05, 0.1) is 42.9 Å². The minimum absolute atomic E-state index is 0.0554. The molecule has 9 rings (SSSR count). The first kappa shape index (κ1) is 46.9. The molecule has 4 fully saturated rings. The van der Waals surface area contributed by atoms with Gasteiger partial charge in [0.15, 0.2) is 24.2 Å². The van der Waals surface area contributed by atoms with E-state index >= 15 is 9.59 Å². The maximum absolute atomic E-state index is 15.5. The molecule has 15 nitrogen and oxygen atoms in total. The van der Waals surface area contributed by atoms with Gasteiger partial charge in [-0.3, -0.25) is 19.3 Å². The molecule has 2 aliphatic heterocycles. The molecule has 9 unspecified atom stereocenters. The van der Waals surface area contributed by atoms with Gasteiger partial charge in [-0.1, -0.05) is 92.7 Å². The van der Waals surface area contributed by atoms with Gasteiger partial charge in [0, 0.05) is 42.2 Å². The predicted octanol–water partition coefficient (Wildman–Crippen LogP) is 5.62. The molecule has 4 aromatic carbocycles. The van der Waals surface area contributed by atoms with Crippen LogP contribution in [0.4, 0.5) is 0 Å². The molecule has 2 heterocycles. The molecule has 2 saturated heterocycles. The van der Waals surface area contributed by atoms with Gasteiger partial charge in [0.1, 0.15) is 29.2 Å². The number of aliphatic hydroxyl groups is 3. The second-order valence-corrected chi connectivity index (χ2v) is 19.2. The Morgan fingerprint density at radius 3 is 1.96 bits per heavy atom. The first-order valence-electron chi connectivity index (χ1n) is 22.7. The van der Waals surface area contributed by atoms with E-state index in [1.54, 1.807) is 124 Å². The Labute approximate surface area is 393 Å². The van der Waals surface area contributed by atoms with Gasteiger partial charge < -0.3 is 43.7 Å². The third-order valence-electron chi connectivity index (χ3n) is 15.3. The topological polar surface area (TPSA) is 205 Å².